The van der Waals surface area contributed by atoms with Gasteiger partial charge in [-0.25, -0.2) is 4.98 Å². The van der Waals surface area contributed by atoms with E-state index >= 15 is 0 Å². The Kier molecular flexibility index (Phi) is 4.69. The minimum Gasteiger partial charge on any atom is -0.474 e. The maximum Gasteiger partial charge on any atom is 0.287 e. The van der Waals surface area contributed by atoms with Crippen LogP contribution in [0.2, 0.25) is 0 Å². The van der Waals surface area contributed by atoms with E-state index in [0.717, 1.165) is 19.3 Å². The summed E-state index contributed by atoms with van der Waals surface area (Å²) < 4.78 is 5.61. The van der Waals surface area contributed by atoms with Crippen LogP contribution in [0.3, 0.4) is 0 Å². The highest BCUT2D eigenvalue weighted by atomic mass is 16.6. The SMILES string of the molecule is CCCC(CC)Oc1ccc([N+](=O)[O-])cn1. The maximum atomic E-state index is 10.4. The van der Waals surface area contributed by atoms with Crippen molar-refractivity contribution < 1.29 is 9.66 Å². The Morgan fingerprint density at radius 3 is 2.69 bits per heavy atom. The van der Waals surface area contributed by atoms with Gasteiger partial charge in [-0.15, -0.1) is 0 Å². The predicted octanol–water partition coefficient (Wildman–Crippen LogP) is 2.95. The second kappa shape index (κ2) is 6.05. The van der Waals surface area contributed by atoms with E-state index < -0.39 is 4.92 Å². The molecular formula is C11H16N2O3. The molecule has 1 rings (SSSR count). The Hall–Kier alpha value is -1.65. The van der Waals surface area contributed by atoms with Crippen LogP contribution in [0.15, 0.2) is 18.3 Å². The van der Waals surface area contributed by atoms with Crippen LogP contribution in [0.4, 0.5) is 5.69 Å². The third-order valence-electron chi connectivity index (χ3n) is 2.28. The molecular weight excluding hydrogens is 208 g/mol. The molecule has 0 aliphatic rings. The van der Waals surface area contributed by atoms with Crippen LogP contribution in [0, 0.1) is 10.1 Å². The van der Waals surface area contributed by atoms with Crippen molar-refractivity contribution in [2.24, 2.45) is 0 Å². The largest absolute Gasteiger partial charge is 0.474 e. The molecule has 5 heteroatoms. The summed E-state index contributed by atoms with van der Waals surface area (Å²) in [5.41, 5.74) is -0.0177. The van der Waals surface area contributed by atoms with E-state index in [9.17, 15) is 10.1 Å². The number of rotatable bonds is 6. The molecule has 0 fully saturated rings. The molecule has 1 aromatic rings. The van der Waals surface area contributed by atoms with Gasteiger partial charge in [0, 0.05) is 12.1 Å². The fourth-order valence-corrected chi connectivity index (χ4v) is 1.39. The molecule has 5 nitrogen and oxygen atoms in total. The van der Waals surface area contributed by atoms with Crippen molar-refractivity contribution in [1.29, 1.82) is 0 Å². The third kappa shape index (κ3) is 3.49. The first kappa shape index (κ1) is 12.4. The summed E-state index contributed by atoms with van der Waals surface area (Å²) in [6.45, 7) is 4.14. The highest BCUT2D eigenvalue weighted by Gasteiger charge is 2.10. The molecule has 16 heavy (non-hydrogen) atoms. The number of aromatic nitrogens is 1. The van der Waals surface area contributed by atoms with Gasteiger partial charge in [-0.2, -0.15) is 0 Å². The van der Waals surface area contributed by atoms with Crippen LogP contribution in [0.1, 0.15) is 33.1 Å². The summed E-state index contributed by atoms with van der Waals surface area (Å²) in [4.78, 5) is 13.9. The van der Waals surface area contributed by atoms with Crippen LogP contribution >= 0.6 is 0 Å². The van der Waals surface area contributed by atoms with Crippen molar-refractivity contribution in [2.75, 3.05) is 0 Å². The first-order valence-corrected chi connectivity index (χ1v) is 5.44. The second-order valence-corrected chi connectivity index (χ2v) is 3.55. The lowest BCUT2D eigenvalue weighted by Gasteiger charge is -2.15. The van der Waals surface area contributed by atoms with Crippen LogP contribution in [0.5, 0.6) is 5.88 Å². The van der Waals surface area contributed by atoms with E-state index in [1.807, 2.05) is 6.92 Å². The summed E-state index contributed by atoms with van der Waals surface area (Å²) in [5, 5.41) is 10.4. The fourth-order valence-electron chi connectivity index (χ4n) is 1.39. The Balaban J connectivity index is 2.63. The van der Waals surface area contributed by atoms with E-state index in [4.69, 9.17) is 4.74 Å². The Bertz CT molecular complexity index is 338. The Morgan fingerprint density at radius 1 is 1.50 bits per heavy atom. The van der Waals surface area contributed by atoms with Crippen LogP contribution in [-0.2, 0) is 0 Å². The minimum atomic E-state index is -0.472. The van der Waals surface area contributed by atoms with Crippen molar-refractivity contribution in [2.45, 2.75) is 39.2 Å². The smallest absolute Gasteiger partial charge is 0.287 e. The summed E-state index contributed by atoms with van der Waals surface area (Å²) in [6, 6.07) is 2.94. The summed E-state index contributed by atoms with van der Waals surface area (Å²) >= 11 is 0. The third-order valence-corrected chi connectivity index (χ3v) is 2.28. The highest BCUT2D eigenvalue weighted by Crippen LogP contribution is 2.16. The Labute approximate surface area is 94.6 Å². The molecule has 88 valence electrons. The van der Waals surface area contributed by atoms with Gasteiger partial charge in [-0.05, 0) is 12.8 Å². The van der Waals surface area contributed by atoms with E-state index in [1.54, 1.807) is 0 Å². The van der Waals surface area contributed by atoms with Gasteiger partial charge in [-0.3, -0.25) is 10.1 Å². The normalized spacial score (nSPS) is 12.1. The van der Waals surface area contributed by atoms with Crippen molar-refractivity contribution in [3.8, 4) is 5.88 Å². The van der Waals surface area contributed by atoms with E-state index in [2.05, 4.69) is 11.9 Å². The van der Waals surface area contributed by atoms with E-state index in [1.165, 1.54) is 18.3 Å². The lowest BCUT2D eigenvalue weighted by Crippen LogP contribution is -2.15. The van der Waals surface area contributed by atoms with Gasteiger partial charge >= 0.3 is 0 Å². The lowest BCUT2D eigenvalue weighted by molar-refractivity contribution is -0.385. The highest BCUT2D eigenvalue weighted by molar-refractivity contribution is 5.28. The molecule has 1 unspecified atom stereocenters. The first-order valence-electron chi connectivity index (χ1n) is 5.44. The molecule has 1 atom stereocenters. The van der Waals surface area contributed by atoms with Gasteiger partial charge < -0.3 is 4.74 Å². The zero-order valence-electron chi connectivity index (χ0n) is 9.55. The fraction of sp³-hybridized carbons (Fsp3) is 0.545. The minimum absolute atomic E-state index is 0.0177. The van der Waals surface area contributed by atoms with E-state index in [-0.39, 0.29) is 11.8 Å². The molecule has 0 aliphatic carbocycles. The molecule has 0 bridgehead atoms. The molecule has 0 aliphatic heterocycles. The second-order valence-electron chi connectivity index (χ2n) is 3.55. The van der Waals surface area contributed by atoms with Crippen molar-refractivity contribution in [3.05, 3.63) is 28.4 Å². The van der Waals surface area contributed by atoms with Gasteiger partial charge in [0.05, 0.1) is 4.92 Å². The van der Waals surface area contributed by atoms with Crippen LogP contribution < -0.4 is 4.74 Å². The molecule has 0 aromatic carbocycles. The summed E-state index contributed by atoms with van der Waals surface area (Å²) in [5.74, 6) is 0.450. The standard InChI is InChI=1S/C11H16N2O3/c1-3-5-10(4-2)16-11-7-6-9(8-12-11)13(14)15/h6-8,10H,3-5H2,1-2H3. The summed E-state index contributed by atoms with van der Waals surface area (Å²) in [6.07, 6.45) is 4.28. The van der Waals surface area contributed by atoms with Gasteiger partial charge in [-0.1, -0.05) is 20.3 Å². The lowest BCUT2D eigenvalue weighted by atomic mass is 10.2. The number of hydrogen-bond donors (Lipinski definition) is 0. The zero-order valence-corrected chi connectivity index (χ0v) is 9.55. The first-order chi connectivity index (χ1) is 7.67. The Morgan fingerprint density at radius 2 is 2.25 bits per heavy atom. The molecule has 0 N–H and O–H groups in total. The quantitative estimate of drug-likeness (QED) is 0.550. The molecule has 0 saturated carbocycles. The summed E-state index contributed by atoms with van der Waals surface area (Å²) in [7, 11) is 0. The zero-order chi connectivity index (χ0) is 12.0. The van der Waals surface area contributed by atoms with Crippen LogP contribution in [-0.4, -0.2) is 16.0 Å². The van der Waals surface area contributed by atoms with Gasteiger partial charge in [0.25, 0.3) is 5.69 Å². The average molecular weight is 224 g/mol. The molecule has 0 amide bonds. The number of nitrogens with zero attached hydrogens (tertiary/aromatic N) is 2. The molecule has 0 spiro atoms. The number of ether oxygens (including phenoxy) is 1. The monoisotopic (exact) mass is 224 g/mol. The molecule has 1 aromatic heterocycles. The predicted molar refractivity (Wildman–Crippen MR) is 60.5 cm³/mol. The van der Waals surface area contributed by atoms with Gasteiger partial charge in [0.15, 0.2) is 0 Å². The average Bonchev–Trinajstić information content (AvgIpc) is 2.29. The van der Waals surface area contributed by atoms with E-state index in [0.29, 0.717) is 5.88 Å². The number of pyridine rings is 1. The van der Waals surface area contributed by atoms with Crippen molar-refractivity contribution in [1.82, 2.24) is 4.98 Å². The number of nitro groups is 1. The number of hydrogen-bond acceptors (Lipinski definition) is 4. The topological polar surface area (TPSA) is 65.3 Å². The van der Waals surface area contributed by atoms with Crippen LogP contribution in [0.25, 0.3) is 0 Å². The van der Waals surface area contributed by atoms with Gasteiger partial charge in [0.2, 0.25) is 5.88 Å². The molecule has 1 heterocycles. The van der Waals surface area contributed by atoms with Crippen molar-refractivity contribution >= 4 is 5.69 Å². The van der Waals surface area contributed by atoms with Gasteiger partial charge in [0.1, 0.15) is 12.3 Å². The maximum absolute atomic E-state index is 10.4. The van der Waals surface area contributed by atoms with Crippen molar-refractivity contribution in [3.63, 3.8) is 0 Å². The molecule has 0 radical (unpaired) electrons. The molecule has 0 saturated heterocycles.